The number of hydrogen-bond donors (Lipinski definition) is 2. The Morgan fingerprint density at radius 2 is 2.22 bits per heavy atom. The van der Waals surface area contributed by atoms with Crippen LogP contribution in [0.2, 0.25) is 5.02 Å². The summed E-state index contributed by atoms with van der Waals surface area (Å²) in [5, 5.41) is 8.25. The summed E-state index contributed by atoms with van der Waals surface area (Å²) in [4.78, 5) is 0.349. The van der Waals surface area contributed by atoms with Crippen molar-refractivity contribution < 1.29 is 0 Å². The Morgan fingerprint density at radius 1 is 1.44 bits per heavy atom. The molecule has 0 unspecified atom stereocenters. The fourth-order valence-corrected chi connectivity index (χ4v) is 2.83. The van der Waals surface area contributed by atoms with Crippen molar-refractivity contribution >= 4 is 45.8 Å². The Bertz CT molecular complexity index is 578. The summed E-state index contributed by atoms with van der Waals surface area (Å²) >= 11 is 12.7. The fourth-order valence-electron chi connectivity index (χ4n) is 1.63. The van der Waals surface area contributed by atoms with Gasteiger partial charge in [0.2, 0.25) is 0 Å². The minimum Gasteiger partial charge on any atom is -0.389 e. The number of thiocarbonyl (C=S) groups is 1. The summed E-state index contributed by atoms with van der Waals surface area (Å²) in [6, 6.07) is 5.51. The Balaban J connectivity index is 2.19. The fraction of sp³-hybridized carbons (Fsp3) is 0.154. The lowest BCUT2D eigenvalue weighted by Crippen LogP contribution is -2.13. The summed E-state index contributed by atoms with van der Waals surface area (Å²) in [5.74, 6) is 0. The first-order chi connectivity index (χ1) is 8.58. The van der Waals surface area contributed by atoms with E-state index in [2.05, 4.69) is 23.0 Å². The van der Waals surface area contributed by atoms with E-state index in [0.29, 0.717) is 10.0 Å². The van der Waals surface area contributed by atoms with Crippen LogP contribution in [0.5, 0.6) is 0 Å². The molecule has 0 aliphatic carbocycles. The van der Waals surface area contributed by atoms with E-state index >= 15 is 0 Å². The molecule has 94 valence electrons. The van der Waals surface area contributed by atoms with E-state index in [4.69, 9.17) is 29.6 Å². The summed E-state index contributed by atoms with van der Waals surface area (Å²) in [6.07, 6.45) is 0. The number of benzene rings is 1. The molecule has 0 amide bonds. The Kier molecular flexibility index (Phi) is 4.22. The molecule has 1 aromatic carbocycles. The number of aryl methyl sites for hydroxylation is 1. The van der Waals surface area contributed by atoms with Crippen LogP contribution in [0, 0.1) is 6.92 Å². The van der Waals surface area contributed by atoms with Crippen LogP contribution >= 0.6 is 35.2 Å². The summed E-state index contributed by atoms with van der Waals surface area (Å²) < 4.78 is 0. The molecule has 0 aliphatic heterocycles. The number of nitrogens with two attached hydrogens (primary N) is 1. The van der Waals surface area contributed by atoms with Crippen molar-refractivity contribution in [1.82, 2.24) is 0 Å². The molecular formula is C13H13ClN2S2. The van der Waals surface area contributed by atoms with Crippen molar-refractivity contribution in [3.05, 3.63) is 50.7 Å². The molecule has 1 aromatic heterocycles. The number of thiophene rings is 1. The molecule has 2 nitrogen and oxygen atoms in total. The molecule has 0 atom stereocenters. The third kappa shape index (κ3) is 3.02. The normalized spacial score (nSPS) is 10.3. The molecule has 2 rings (SSSR count). The molecule has 2 aromatic rings. The van der Waals surface area contributed by atoms with Gasteiger partial charge >= 0.3 is 0 Å². The quantitative estimate of drug-likeness (QED) is 0.839. The smallest absolute Gasteiger partial charge is 0.106 e. The molecule has 0 fully saturated rings. The van der Waals surface area contributed by atoms with Crippen LogP contribution in [-0.4, -0.2) is 4.99 Å². The third-order valence-corrected chi connectivity index (χ3v) is 4.04. The Hall–Kier alpha value is -1.10. The maximum absolute atomic E-state index is 5.94. The van der Waals surface area contributed by atoms with E-state index in [1.807, 2.05) is 12.1 Å². The van der Waals surface area contributed by atoms with Crippen LogP contribution in [0.15, 0.2) is 29.0 Å². The van der Waals surface area contributed by atoms with Crippen molar-refractivity contribution in [2.45, 2.75) is 13.5 Å². The van der Waals surface area contributed by atoms with Gasteiger partial charge in [-0.05, 0) is 47.0 Å². The standard InChI is InChI=1S/C13H13ClN2S2/c1-8-6-18-7-9(8)5-16-12-3-2-10(14)4-11(12)13(15)17/h2-4,6-7,16H,5H2,1H3,(H2,15,17). The maximum Gasteiger partial charge on any atom is 0.106 e. The Morgan fingerprint density at radius 3 is 2.83 bits per heavy atom. The molecular weight excluding hydrogens is 284 g/mol. The molecule has 0 radical (unpaired) electrons. The Labute approximate surface area is 121 Å². The van der Waals surface area contributed by atoms with Gasteiger partial charge in [0.25, 0.3) is 0 Å². The van der Waals surface area contributed by atoms with Gasteiger partial charge in [0.05, 0.1) is 0 Å². The van der Waals surface area contributed by atoms with Crippen LogP contribution in [0.25, 0.3) is 0 Å². The average Bonchev–Trinajstić information content (AvgIpc) is 2.73. The number of halogens is 1. The van der Waals surface area contributed by atoms with Crippen molar-refractivity contribution in [2.75, 3.05) is 5.32 Å². The first kappa shape index (κ1) is 13.3. The number of nitrogens with one attached hydrogen (secondary N) is 1. The van der Waals surface area contributed by atoms with Gasteiger partial charge in [-0.1, -0.05) is 23.8 Å². The number of anilines is 1. The lowest BCUT2D eigenvalue weighted by Gasteiger charge is -2.11. The number of rotatable bonds is 4. The van der Waals surface area contributed by atoms with Crippen molar-refractivity contribution in [3.63, 3.8) is 0 Å². The molecule has 0 spiro atoms. The van der Waals surface area contributed by atoms with Gasteiger partial charge in [-0.2, -0.15) is 11.3 Å². The second-order valence-corrected chi connectivity index (χ2v) is 5.61. The molecule has 5 heteroatoms. The van der Waals surface area contributed by atoms with Crippen molar-refractivity contribution in [1.29, 1.82) is 0 Å². The van der Waals surface area contributed by atoms with Crippen LogP contribution in [0.1, 0.15) is 16.7 Å². The van der Waals surface area contributed by atoms with Crippen LogP contribution in [0.3, 0.4) is 0 Å². The second-order valence-electron chi connectivity index (χ2n) is 3.99. The van der Waals surface area contributed by atoms with E-state index < -0.39 is 0 Å². The zero-order valence-corrected chi connectivity index (χ0v) is 12.3. The second kappa shape index (κ2) is 5.69. The van der Waals surface area contributed by atoms with Gasteiger partial charge in [-0.25, -0.2) is 0 Å². The zero-order valence-electron chi connectivity index (χ0n) is 9.87. The van der Waals surface area contributed by atoms with Gasteiger partial charge in [0.15, 0.2) is 0 Å². The van der Waals surface area contributed by atoms with Gasteiger partial charge in [0, 0.05) is 22.8 Å². The van der Waals surface area contributed by atoms with Gasteiger partial charge in [-0.3, -0.25) is 0 Å². The van der Waals surface area contributed by atoms with Gasteiger partial charge in [0.1, 0.15) is 4.99 Å². The zero-order chi connectivity index (χ0) is 13.1. The SMILES string of the molecule is Cc1cscc1CNc1ccc(Cl)cc1C(N)=S. The number of hydrogen-bond acceptors (Lipinski definition) is 3. The van der Waals surface area contributed by atoms with Crippen LogP contribution in [0.4, 0.5) is 5.69 Å². The minimum atomic E-state index is 0.349. The highest BCUT2D eigenvalue weighted by molar-refractivity contribution is 7.80. The molecule has 0 saturated carbocycles. The summed E-state index contributed by atoms with van der Waals surface area (Å²) in [5.41, 5.74) is 9.97. The van der Waals surface area contributed by atoms with Gasteiger partial charge < -0.3 is 11.1 Å². The molecule has 1 heterocycles. The predicted octanol–water partition coefficient (Wildman–Crippen LogP) is 3.96. The topological polar surface area (TPSA) is 38.0 Å². The van der Waals surface area contributed by atoms with E-state index in [1.54, 1.807) is 17.4 Å². The monoisotopic (exact) mass is 296 g/mol. The average molecular weight is 297 g/mol. The highest BCUT2D eigenvalue weighted by atomic mass is 35.5. The maximum atomic E-state index is 5.94. The summed E-state index contributed by atoms with van der Waals surface area (Å²) in [6.45, 7) is 2.86. The van der Waals surface area contributed by atoms with Crippen LogP contribution in [-0.2, 0) is 6.54 Å². The first-order valence-corrected chi connectivity index (χ1v) is 7.15. The van der Waals surface area contributed by atoms with Crippen LogP contribution < -0.4 is 11.1 Å². The van der Waals surface area contributed by atoms with E-state index in [9.17, 15) is 0 Å². The molecule has 0 aliphatic rings. The molecule has 0 saturated heterocycles. The minimum absolute atomic E-state index is 0.349. The third-order valence-electron chi connectivity index (χ3n) is 2.68. The van der Waals surface area contributed by atoms with E-state index in [0.717, 1.165) is 17.8 Å². The lowest BCUT2D eigenvalue weighted by molar-refractivity contribution is 1.14. The van der Waals surface area contributed by atoms with E-state index in [1.165, 1.54) is 11.1 Å². The first-order valence-electron chi connectivity index (χ1n) is 5.43. The van der Waals surface area contributed by atoms with E-state index in [-0.39, 0.29) is 0 Å². The molecule has 0 bridgehead atoms. The van der Waals surface area contributed by atoms with Gasteiger partial charge in [-0.15, -0.1) is 0 Å². The predicted molar refractivity (Wildman–Crippen MR) is 83.7 cm³/mol. The highest BCUT2D eigenvalue weighted by Crippen LogP contribution is 2.22. The molecule has 18 heavy (non-hydrogen) atoms. The highest BCUT2D eigenvalue weighted by Gasteiger charge is 2.07. The lowest BCUT2D eigenvalue weighted by atomic mass is 10.1. The summed E-state index contributed by atoms with van der Waals surface area (Å²) in [7, 11) is 0. The van der Waals surface area contributed by atoms with Crippen molar-refractivity contribution in [2.24, 2.45) is 5.73 Å². The molecule has 3 N–H and O–H groups in total. The van der Waals surface area contributed by atoms with Crippen molar-refractivity contribution in [3.8, 4) is 0 Å². The largest absolute Gasteiger partial charge is 0.389 e.